The fourth-order valence-corrected chi connectivity index (χ4v) is 3.14. The second kappa shape index (κ2) is 6.72. The molecule has 4 rings (SSSR count). The summed E-state index contributed by atoms with van der Waals surface area (Å²) in [7, 11) is 2.96. The van der Waals surface area contributed by atoms with Gasteiger partial charge in [0.25, 0.3) is 0 Å². The Hall–Kier alpha value is -3.26. The molecule has 0 saturated carbocycles. The van der Waals surface area contributed by atoms with E-state index in [0.29, 0.717) is 22.5 Å². The number of benzene rings is 1. The third-order valence-electron chi connectivity index (χ3n) is 4.35. The van der Waals surface area contributed by atoms with Gasteiger partial charge in [-0.1, -0.05) is 11.6 Å². The third-order valence-corrected chi connectivity index (χ3v) is 4.80. The number of carbonyl (C=O) groups excluding carboxylic acids is 1. The van der Waals surface area contributed by atoms with Gasteiger partial charge in [-0.05, 0) is 24.3 Å². The third kappa shape index (κ3) is 2.82. The highest BCUT2D eigenvalue weighted by atomic mass is 35.5. The van der Waals surface area contributed by atoms with Crippen LogP contribution in [-0.2, 0) is 11.8 Å². The fourth-order valence-electron chi connectivity index (χ4n) is 2.94. The molecule has 3 heterocycles. The minimum Gasteiger partial charge on any atom is -0.465 e. The Morgan fingerprint density at radius 1 is 1.25 bits per heavy atom. The van der Waals surface area contributed by atoms with Crippen molar-refractivity contribution in [1.29, 1.82) is 0 Å². The summed E-state index contributed by atoms with van der Waals surface area (Å²) < 4.78 is 36.6. The molecular formula is C19H13ClF2N4O2. The van der Waals surface area contributed by atoms with Gasteiger partial charge in [0.15, 0.2) is 11.6 Å². The van der Waals surface area contributed by atoms with Crippen LogP contribution < -0.4 is 0 Å². The van der Waals surface area contributed by atoms with E-state index < -0.39 is 17.6 Å². The molecule has 0 N–H and O–H groups in total. The Morgan fingerprint density at radius 3 is 2.71 bits per heavy atom. The van der Waals surface area contributed by atoms with Gasteiger partial charge in [0.05, 0.1) is 30.3 Å². The van der Waals surface area contributed by atoms with Gasteiger partial charge in [0.2, 0.25) is 0 Å². The summed E-state index contributed by atoms with van der Waals surface area (Å²) in [6, 6.07) is 5.47. The average Bonchev–Trinajstić information content (AvgIpc) is 3.26. The summed E-state index contributed by atoms with van der Waals surface area (Å²) in [5.41, 5.74) is 1.39. The van der Waals surface area contributed by atoms with Crippen molar-refractivity contribution in [2.75, 3.05) is 7.11 Å². The Bertz CT molecular complexity index is 1230. The largest absolute Gasteiger partial charge is 0.465 e. The molecule has 0 unspecified atom stereocenters. The number of ether oxygens (including phenoxy) is 1. The van der Waals surface area contributed by atoms with Gasteiger partial charge >= 0.3 is 5.97 Å². The first-order valence-electron chi connectivity index (χ1n) is 8.13. The van der Waals surface area contributed by atoms with Gasteiger partial charge in [-0.25, -0.2) is 23.5 Å². The molecule has 1 aromatic carbocycles. The van der Waals surface area contributed by atoms with Gasteiger partial charge in [0.1, 0.15) is 16.5 Å². The highest BCUT2D eigenvalue weighted by Gasteiger charge is 2.22. The SMILES string of the molecule is COC(=O)c1ccn2cc(-c3c(-c4ncn(C)c4Cl)ccc(F)c3F)nc2c1. The Labute approximate surface area is 163 Å². The van der Waals surface area contributed by atoms with E-state index in [1.807, 2.05) is 0 Å². The maximum absolute atomic E-state index is 14.8. The maximum Gasteiger partial charge on any atom is 0.338 e. The fraction of sp³-hybridized carbons (Fsp3) is 0.105. The predicted octanol–water partition coefficient (Wildman–Crippen LogP) is 4.12. The monoisotopic (exact) mass is 402 g/mol. The minimum atomic E-state index is -1.06. The van der Waals surface area contributed by atoms with Crippen LogP contribution in [0.3, 0.4) is 0 Å². The summed E-state index contributed by atoms with van der Waals surface area (Å²) in [5.74, 6) is -2.60. The van der Waals surface area contributed by atoms with Crippen LogP contribution in [0.25, 0.3) is 28.2 Å². The van der Waals surface area contributed by atoms with E-state index in [2.05, 4.69) is 9.97 Å². The number of nitrogens with zero attached hydrogens (tertiary/aromatic N) is 4. The molecule has 0 spiro atoms. The molecule has 0 atom stereocenters. The van der Waals surface area contributed by atoms with Crippen LogP contribution in [0, 0.1) is 11.6 Å². The molecule has 28 heavy (non-hydrogen) atoms. The van der Waals surface area contributed by atoms with E-state index in [-0.39, 0.29) is 16.4 Å². The van der Waals surface area contributed by atoms with Gasteiger partial charge in [-0.3, -0.25) is 0 Å². The smallest absolute Gasteiger partial charge is 0.338 e. The number of esters is 1. The van der Waals surface area contributed by atoms with Crippen LogP contribution >= 0.6 is 11.6 Å². The van der Waals surface area contributed by atoms with E-state index in [0.717, 1.165) is 6.07 Å². The van der Waals surface area contributed by atoms with Crippen molar-refractivity contribution in [2.24, 2.45) is 7.05 Å². The molecule has 6 nitrogen and oxygen atoms in total. The molecule has 0 aliphatic heterocycles. The molecule has 3 aromatic heterocycles. The van der Waals surface area contributed by atoms with Crippen LogP contribution in [0.2, 0.25) is 5.15 Å². The molecule has 0 saturated heterocycles. The Kier molecular flexibility index (Phi) is 4.35. The lowest BCUT2D eigenvalue weighted by Crippen LogP contribution is -2.01. The average molecular weight is 403 g/mol. The number of imidazole rings is 2. The van der Waals surface area contributed by atoms with Crippen molar-refractivity contribution in [3.05, 3.63) is 65.3 Å². The molecular weight excluding hydrogens is 390 g/mol. The molecule has 0 fully saturated rings. The second-order valence-electron chi connectivity index (χ2n) is 6.08. The lowest BCUT2D eigenvalue weighted by atomic mass is 10.0. The van der Waals surface area contributed by atoms with Crippen LogP contribution in [0.5, 0.6) is 0 Å². The first-order valence-corrected chi connectivity index (χ1v) is 8.51. The van der Waals surface area contributed by atoms with Crippen molar-refractivity contribution in [1.82, 2.24) is 18.9 Å². The minimum absolute atomic E-state index is 0.0658. The normalized spacial score (nSPS) is 11.2. The van der Waals surface area contributed by atoms with Gasteiger partial charge in [-0.2, -0.15) is 0 Å². The predicted molar refractivity (Wildman–Crippen MR) is 99.1 cm³/mol. The van der Waals surface area contributed by atoms with E-state index in [9.17, 15) is 13.6 Å². The molecule has 4 aromatic rings. The quantitative estimate of drug-likeness (QED) is 0.484. The van der Waals surface area contributed by atoms with Gasteiger partial charge in [-0.15, -0.1) is 0 Å². The molecule has 9 heteroatoms. The molecule has 0 amide bonds. The van der Waals surface area contributed by atoms with Crippen LogP contribution in [0.4, 0.5) is 8.78 Å². The van der Waals surface area contributed by atoms with E-state index in [1.54, 1.807) is 28.3 Å². The molecule has 142 valence electrons. The van der Waals surface area contributed by atoms with Crippen LogP contribution in [-0.4, -0.2) is 32.0 Å². The van der Waals surface area contributed by atoms with Crippen LogP contribution in [0.15, 0.2) is 43.0 Å². The number of aryl methyl sites for hydroxylation is 1. The zero-order valence-corrected chi connectivity index (χ0v) is 15.5. The summed E-state index contributed by atoms with van der Waals surface area (Å²) >= 11 is 6.25. The van der Waals surface area contributed by atoms with Crippen molar-refractivity contribution in [3.63, 3.8) is 0 Å². The summed E-state index contributed by atoms with van der Waals surface area (Å²) in [6.07, 6.45) is 4.60. The summed E-state index contributed by atoms with van der Waals surface area (Å²) in [6.45, 7) is 0. The van der Waals surface area contributed by atoms with Crippen molar-refractivity contribution < 1.29 is 18.3 Å². The van der Waals surface area contributed by atoms with Crippen molar-refractivity contribution in [3.8, 4) is 22.5 Å². The first-order chi connectivity index (χ1) is 13.4. The number of methoxy groups -OCH3 is 1. The topological polar surface area (TPSA) is 61.4 Å². The molecule has 0 bridgehead atoms. The van der Waals surface area contributed by atoms with E-state index >= 15 is 0 Å². The number of hydrogen-bond donors (Lipinski definition) is 0. The summed E-state index contributed by atoms with van der Waals surface area (Å²) in [4.78, 5) is 20.3. The van der Waals surface area contributed by atoms with Gasteiger partial charge in [0, 0.05) is 25.0 Å². The zero-order chi connectivity index (χ0) is 20.0. The number of carbonyl (C=O) groups is 1. The number of fused-ring (bicyclic) bond motifs is 1. The van der Waals surface area contributed by atoms with E-state index in [1.165, 1.54) is 31.8 Å². The number of pyridine rings is 1. The highest BCUT2D eigenvalue weighted by molar-refractivity contribution is 6.32. The number of rotatable bonds is 3. The Morgan fingerprint density at radius 2 is 2.04 bits per heavy atom. The lowest BCUT2D eigenvalue weighted by molar-refractivity contribution is 0.0600. The van der Waals surface area contributed by atoms with Gasteiger partial charge < -0.3 is 13.7 Å². The summed E-state index contributed by atoms with van der Waals surface area (Å²) in [5, 5.41) is 0.281. The standard InChI is InChI=1S/C19H13ClF2N4O2/c1-25-9-23-17(18(25)20)11-3-4-12(21)16(22)15(11)13-8-26-6-5-10(19(27)28-2)7-14(26)24-13/h3-9H,1-2H3. The second-order valence-corrected chi connectivity index (χ2v) is 6.44. The van der Waals surface area contributed by atoms with Crippen LogP contribution in [0.1, 0.15) is 10.4 Å². The van der Waals surface area contributed by atoms with Crippen molar-refractivity contribution in [2.45, 2.75) is 0 Å². The molecule has 0 radical (unpaired) electrons. The molecule has 0 aliphatic carbocycles. The Balaban J connectivity index is 1.95. The highest BCUT2D eigenvalue weighted by Crippen LogP contribution is 2.37. The first kappa shape index (κ1) is 18.1. The van der Waals surface area contributed by atoms with Crippen molar-refractivity contribution >= 4 is 23.2 Å². The lowest BCUT2D eigenvalue weighted by Gasteiger charge is -2.08. The number of aromatic nitrogens is 4. The van der Waals surface area contributed by atoms with E-state index in [4.69, 9.17) is 16.3 Å². The zero-order valence-electron chi connectivity index (χ0n) is 14.8. The maximum atomic E-state index is 14.8. The number of halogens is 3. The molecule has 0 aliphatic rings. The number of hydrogen-bond acceptors (Lipinski definition) is 4.